The molecule has 148 valence electrons. The Labute approximate surface area is 166 Å². The third-order valence-corrected chi connectivity index (χ3v) is 5.12. The lowest BCUT2D eigenvalue weighted by Gasteiger charge is -2.32. The standard InChI is InChI=1S/C22H27N3O3/c1-16-5-4-6-20(17(16)2)28-15-21(26)23-19-9-7-18(8-10-19)22(27)25-13-11-24(3)12-14-25/h4-10H,11-15H2,1-3H3,(H,23,26). The highest BCUT2D eigenvalue weighted by Crippen LogP contribution is 2.20. The van der Waals surface area contributed by atoms with E-state index < -0.39 is 0 Å². The molecule has 1 aliphatic heterocycles. The van der Waals surface area contributed by atoms with E-state index in [1.54, 1.807) is 24.3 Å². The molecule has 2 aromatic carbocycles. The fourth-order valence-electron chi connectivity index (χ4n) is 3.11. The second-order valence-corrected chi connectivity index (χ2v) is 7.21. The van der Waals surface area contributed by atoms with Crippen molar-refractivity contribution in [2.75, 3.05) is 45.2 Å². The molecule has 2 amide bonds. The van der Waals surface area contributed by atoms with E-state index in [0.717, 1.165) is 37.3 Å². The van der Waals surface area contributed by atoms with Crippen molar-refractivity contribution in [2.45, 2.75) is 13.8 Å². The summed E-state index contributed by atoms with van der Waals surface area (Å²) in [6.07, 6.45) is 0. The van der Waals surface area contributed by atoms with E-state index in [1.807, 2.05) is 36.9 Å². The van der Waals surface area contributed by atoms with Gasteiger partial charge in [-0.15, -0.1) is 0 Å². The van der Waals surface area contributed by atoms with Gasteiger partial charge >= 0.3 is 0 Å². The van der Waals surface area contributed by atoms with Crippen LogP contribution >= 0.6 is 0 Å². The number of hydrogen-bond donors (Lipinski definition) is 1. The van der Waals surface area contributed by atoms with Gasteiger partial charge in [-0.2, -0.15) is 0 Å². The molecule has 0 aromatic heterocycles. The molecule has 1 fully saturated rings. The summed E-state index contributed by atoms with van der Waals surface area (Å²) in [5.74, 6) is 0.506. The second kappa shape index (κ2) is 8.89. The molecule has 0 bridgehead atoms. The first-order valence-electron chi connectivity index (χ1n) is 9.51. The van der Waals surface area contributed by atoms with E-state index in [4.69, 9.17) is 4.74 Å². The van der Waals surface area contributed by atoms with Crippen molar-refractivity contribution in [3.05, 3.63) is 59.2 Å². The molecule has 1 heterocycles. The number of rotatable bonds is 5. The van der Waals surface area contributed by atoms with Crippen molar-refractivity contribution in [1.29, 1.82) is 0 Å². The van der Waals surface area contributed by atoms with Gasteiger partial charge in [-0.3, -0.25) is 9.59 Å². The smallest absolute Gasteiger partial charge is 0.262 e. The van der Waals surface area contributed by atoms with Crippen LogP contribution in [0.1, 0.15) is 21.5 Å². The minimum Gasteiger partial charge on any atom is -0.483 e. The first kappa shape index (κ1) is 19.9. The topological polar surface area (TPSA) is 61.9 Å². The number of carbonyl (C=O) groups excluding carboxylic acids is 2. The molecule has 1 N–H and O–H groups in total. The van der Waals surface area contributed by atoms with E-state index in [9.17, 15) is 9.59 Å². The van der Waals surface area contributed by atoms with Crippen molar-refractivity contribution in [2.24, 2.45) is 0 Å². The lowest BCUT2D eigenvalue weighted by molar-refractivity contribution is -0.118. The van der Waals surface area contributed by atoms with Gasteiger partial charge in [-0.1, -0.05) is 12.1 Å². The molecule has 0 spiro atoms. The van der Waals surface area contributed by atoms with E-state index in [1.165, 1.54) is 0 Å². The van der Waals surface area contributed by atoms with Crippen molar-refractivity contribution in [3.63, 3.8) is 0 Å². The van der Waals surface area contributed by atoms with Crippen LogP contribution in [-0.4, -0.2) is 61.4 Å². The van der Waals surface area contributed by atoms with Gasteiger partial charge in [0.05, 0.1) is 0 Å². The molecule has 6 nitrogen and oxygen atoms in total. The maximum absolute atomic E-state index is 12.6. The number of nitrogens with zero attached hydrogens (tertiary/aromatic N) is 2. The Bertz CT molecular complexity index is 841. The third-order valence-electron chi connectivity index (χ3n) is 5.12. The number of carbonyl (C=O) groups is 2. The third kappa shape index (κ3) is 4.89. The lowest BCUT2D eigenvalue weighted by atomic mass is 10.1. The van der Waals surface area contributed by atoms with Gasteiger partial charge in [-0.25, -0.2) is 0 Å². The number of piperazine rings is 1. The van der Waals surface area contributed by atoms with Crippen molar-refractivity contribution in [1.82, 2.24) is 9.80 Å². The van der Waals surface area contributed by atoms with Gasteiger partial charge in [0.25, 0.3) is 11.8 Å². The van der Waals surface area contributed by atoms with Crippen LogP contribution in [0.15, 0.2) is 42.5 Å². The summed E-state index contributed by atoms with van der Waals surface area (Å²) in [7, 11) is 2.06. The van der Waals surface area contributed by atoms with Crippen LogP contribution in [0.25, 0.3) is 0 Å². The number of anilines is 1. The summed E-state index contributed by atoms with van der Waals surface area (Å²) in [4.78, 5) is 28.8. The maximum atomic E-state index is 12.6. The summed E-state index contributed by atoms with van der Waals surface area (Å²) >= 11 is 0. The fourth-order valence-corrected chi connectivity index (χ4v) is 3.11. The molecule has 0 aliphatic carbocycles. The molecule has 1 aliphatic rings. The zero-order valence-electron chi connectivity index (χ0n) is 16.7. The summed E-state index contributed by atoms with van der Waals surface area (Å²) in [5.41, 5.74) is 3.43. The SMILES string of the molecule is Cc1cccc(OCC(=O)Nc2ccc(C(=O)N3CCN(C)CC3)cc2)c1C. The largest absolute Gasteiger partial charge is 0.483 e. The van der Waals surface area contributed by atoms with Gasteiger partial charge in [0.2, 0.25) is 0 Å². The Morgan fingerprint density at radius 3 is 2.36 bits per heavy atom. The second-order valence-electron chi connectivity index (χ2n) is 7.21. The number of aryl methyl sites for hydroxylation is 1. The monoisotopic (exact) mass is 381 g/mol. The van der Waals surface area contributed by atoms with Gasteiger partial charge in [0.15, 0.2) is 6.61 Å². The minimum atomic E-state index is -0.237. The van der Waals surface area contributed by atoms with Crippen LogP contribution in [-0.2, 0) is 4.79 Å². The van der Waals surface area contributed by atoms with E-state index in [0.29, 0.717) is 17.0 Å². The number of ether oxygens (including phenoxy) is 1. The molecule has 28 heavy (non-hydrogen) atoms. The summed E-state index contributed by atoms with van der Waals surface area (Å²) in [6, 6.07) is 12.8. The number of likely N-dealkylation sites (N-methyl/N-ethyl adjacent to an activating group) is 1. The van der Waals surface area contributed by atoms with E-state index in [2.05, 4.69) is 17.3 Å². The Morgan fingerprint density at radius 2 is 1.68 bits per heavy atom. The predicted molar refractivity (Wildman–Crippen MR) is 110 cm³/mol. The Morgan fingerprint density at radius 1 is 1.00 bits per heavy atom. The van der Waals surface area contributed by atoms with Crippen LogP contribution in [0.2, 0.25) is 0 Å². The van der Waals surface area contributed by atoms with Crippen LogP contribution in [0.5, 0.6) is 5.75 Å². The Balaban J connectivity index is 1.53. The summed E-state index contributed by atoms with van der Waals surface area (Å²) in [5, 5.41) is 2.80. The van der Waals surface area contributed by atoms with Crippen LogP contribution in [0.4, 0.5) is 5.69 Å². The Hall–Kier alpha value is -2.86. The molecule has 0 unspecified atom stereocenters. The molecule has 3 rings (SSSR count). The summed E-state index contributed by atoms with van der Waals surface area (Å²) < 4.78 is 5.62. The van der Waals surface area contributed by atoms with Gasteiger partial charge in [-0.05, 0) is 62.4 Å². The first-order chi connectivity index (χ1) is 13.4. The lowest BCUT2D eigenvalue weighted by Crippen LogP contribution is -2.47. The van der Waals surface area contributed by atoms with Crippen molar-refractivity contribution in [3.8, 4) is 5.75 Å². The highest BCUT2D eigenvalue weighted by Gasteiger charge is 2.20. The zero-order valence-corrected chi connectivity index (χ0v) is 16.7. The molecular formula is C22H27N3O3. The average Bonchev–Trinajstić information content (AvgIpc) is 2.70. The number of hydrogen-bond acceptors (Lipinski definition) is 4. The highest BCUT2D eigenvalue weighted by molar-refractivity contribution is 5.96. The Kier molecular flexibility index (Phi) is 6.31. The van der Waals surface area contributed by atoms with Crippen LogP contribution in [0, 0.1) is 13.8 Å². The molecule has 0 saturated carbocycles. The minimum absolute atomic E-state index is 0.0317. The zero-order chi connectivity index (χ0) is 20.1. The van der Waals surface area contributed by atoms with Crippen LogP contribution < -0.4 is 10.1 Å². The molecule has 6 heteroatoms. The molecular weight excluding hydrogens is 354 g/mol. The first-order valence-corrected chi connectivity index (χ1v) is 9.51. The quantitative estimate of drug-likeness (QED) is 0.865. The number of benzene rings is 2. The van der Waals surface area contributed by atoms with Crippen molar-refractivity contribution >= 4 is 17.5 Å². The van der Waals surface area contributed by atoms with Gasteiger partial charge < -0.3 is 19.9 Å². The fraction of sp³-hybridized carbons (Fsp3) is 0.364. The number of nitrogens with one attached hydrogen (secondary N) is 1. The molecule has 1 saturated heterocycles. The normalized spacial score (nSPS) is 14.6. The molecule has 0 radical (unpaired) electrons. The maximum Gasteiger partial charge on any atom is 0.262 e. The number of amides is 2. The van der Waals surface area contributed by atoms with Crippen LogP contribution in [0.3, 0.4) is 0 Å². The van der Waals surface area contributed by atoms with Gasteiger partial charge in [0, 0.05) is 37.4 Å². The van der Waals surface area contributed by atoms with E-state index >= 15 is 0 Å². The molecule has 2 aromatic rings. The van der Waals surface area contributed by atoms with Gasteiger partial charge in [0.1, 0.15) is 5.75 Å². The molecule has 0 atom stereocenters. The summed E-state index contributed by atoms with van der Waals surface area (Å²) in [6.45, 7) is 7.17. The predicted octanol–water partition coefficient (Wildman–Crippen LogP) is 2.71. The van der Waals surface area contributed by atoms with E-state index in [-0.39, 0.29) is 18.4 Å². The van der Waals surface area contributed by atoms with Crippen molar-refractivity contribution < 1.29 is 14.3 Å². The highest BCUT2D eigenvalue weighted by atomic mass is 16.5. The average molecular weight is 381 g/mol.